The van der Waals surface area contributed by atoms with Gasteiger partial charge in [0.05, 0.1) is 11.7 Å². The predicted molar refractivity (Wildman–Crippen MR) is 107 cm³/mol. The van der Waals surface area contributed by atoms with Gasteiger partial charge in [-0.1, -0.05) is 0 Å². The standard InChI is InChI=1S/2C4H10N2.2C3H7NO.2B/c2*1-4(5-2)6-3;2*1-3(5)4-2;;/h2*1-3H3,(H,5,6);2*1-2H3,(H,4,5);;. The zero-order chi connectivity index (χ0) is 18.6. The molecule has 0 fully saturated rings. The third kappa shape index (κ3) is 72.2. The Hall–Kier alpha value is -1.99. The van der Waals surface area contributed by atoms with Crippen LogP contribution in [0.1, 0.15) is 27.7 Å². The van der Waals surface area contributed by atoms with E-state index in [1.54, 1.807) is 28.2 Å². The lowest BCUT2D eigenvalue weighted by molar-refractivity contribution is -0.119. The summed E-state index contributed by atoms with van der Waals surface area (Å²) in [5, 5.41) is 10.5. The lowest BCUT2D eigenvalue weighted by atomic mass is 10.7. The van der Waals surface area contributed by atoms with Crippen LogP contribution >= 0.6 is 0 Å². The number of nitrogens with zero attached hydrogens (tertiary/aromatic N) is 2. The Kier molecular flexibility index (Phi) is 51.8. The van der Waals surface area contributed by atoms with Gasteiger partial charge in [-0.3, -0.25) is 19.6 Å². The highest BCUT2D eigenvalue weighted by atomic mass is 16.1. The minimum Gasteiger partial charge on any atom is -0.377 e. The molecule has 0 aliphatic carbocycles. The maximum absolute atomic E-state index is 9.70. The summed E-state index contributed by atoms with van der Waals surface area (Å²) in [4.78, 5) is 27.0. The third-order valence-corrected chi connectivity index (χ3v) is 2.10. The number of hydrogen-bond acceptors (Lipinski definition) is 4. The molecule has 0 aliphatic heterocycles. The van der Waals surface area contributed by atoms with Crippen LogP contribution in [0.25, 0.3) is 0 Å². The number of aliphatic imine (C=N–C) groups is 2. The molecular weight excluding hydrogens is 306 g/mol. The summed E-state index contributed by atoms with van der Waals surface area (Å²) in [5.41, 5.74) is 0. The zero-order valence-electron chi connectivity index (χ0n) is 16.9. The molecule has 0 bridgehead atoms. The van der Waals surface area contributed by atoms with Crippen molar-refractivity contribution < 1.29 is 9.59 Å². The first-order valence-electron chi connectivity index (χ1n) is 6.75. The second-order valence-electron chi connectivity index (χ2n) is 3.73. The monoisotopic (exact) mass is 340 g/mol. The van der Waals surface area contributed by atoms with E-state index in [0.29, 0.717) is 0 Å². The van der Waals surface area contributed by atoms with Gasteiger partial charge in [-0.05, 0) is 13.8 Å². The molecule has 0 spiro atoms. The Morgan fingerprint density at radius 3 is 0.750 bits per heavy atom. The molecule has 0 aliphatic rings. The summed E-state index contributed by atoms with van der Waals surface area (Å²) in [6.07, 6.45) is 0. The van der Waals surface area contributed by atoms with Crippen molar-refractivity contribution in [3.63, 3.8) is 0 Å². The molecule has 0 rings (SSSR count). The first-order chi connectivity index (χ1) is 10.2. The summed E-state index contributed by atoms with van der Waals surface area (Å²) in [5.74, 6) is 1.94. The van der Waals surface area contributed by atoms with Gasteiger partial charge in [-0.15, -0.1) is 0 Å². The fourth-order valence-corrected chi connectivity index (χ4v) is 0.224. The van der Waals surface area contributed by atoms with E-state index in [0.717, 1.165) is 11.7 Å². The van der Waals surface area contributed by atoms with Crippen LogP contribution in [0.5, 0.6) is 0 Å². The molecule has 2 amide bonds. The van der Waals surface area contributed by atoms with E-state index in [4.69, 9.17) is 0 Å². The molecule has 0 unspecified atom stereocenters. The van der Waals surface area contributed by atoms with Gasteiger partial charge < -0.3 is 21.3 Å². The SMILES string of the molecule is CN=C(C)NC.CN=C(C)NC.CNC(C)=O.CNC(C)=O.[B].[B]. The molecule has 138 valence electrons. The molecule has 10 heteroatoms. The fourth-order valence-electron chi connectivity index (χ4n) is 0.224. The van der Waals surface area contributed by atoms with Gasteiger partial charge in [-0.2, -0.15) is 0 Å². The molecule has 0 aromatic carbocycles. The third-order valence-electron chi connectivity index (χ3n) is 2.10. The molecule has 4 N–H and O–H groups in total. The van der Waals surface area contributed by atoms with E-state index in [9.17, 15) is 9.59 Å². The number of nitrogens with one attached hydrogen (secondary N) is 4. The normalized spacial score (nSPS) is 8.58. The number of rotatable bonds is 0. The van der Waals surface area contributed by atoms with Crippen LogP contribution in [0.4, 0.5) is 0 Å². The molecular formula is C14H34B2N6O2. The van der Waals surface area contributed by atoms with Gasteiger partial charge >= 0.3 is 0 Å². The highest BCUT2D eigenvalue weighted by Crippen LogP contribution is 1.59. The molecule has 8 nitrogen and oxygen atoms in total. The van der Waals surface area contributed by atoms with Gasteiger partial charge in [0.1, 0.15) is 0 Å². The van der Waals surface area contributed by atoms with Crippen LogP contribution in [0.3, 0.4) is 0 Å². The van der Waals surface area contributed by atoms with Gasteiger partial charge in [0.25, 0.3) is 0 Å². The van der Waals surface area contributed by atoms with Gasteiger partial charge in [0, 0.05) is 73.0 Å². The Balaban J connectivity index is -0.0000000439. The topological polar surface area (TPSA) is 107 Å². The minimum absolute atomic E-state index is 0. The zero-order valence-corrected chi connectivity index (χ0v) is 16.9. The predicted octanol–water partition coefficient (Wildman–Crippen LogP) is -0.749. The first kappa shape index (κ1) is 37.9. The van der Waals surface area contributed by atoms with Crippen molar-refractivity contribution in [1.29, 1.82) is 0 Å². The molecule has 0 aromatic rings. The molecule has 0 saturated carbocycles. The highest BCUT2D eigenvalue weighted by molar-refractivity contribution is 5.79. The summed E-state index contributed by atoms with van der Waals surface area (Å²) in [6.45, 7) is 6.78. The fraction of sp³-hybridized carbons (Fsp3) is 0.714. The highest BCUT2D eigenvalue weighted by Gasteiger charge is 1.73. The van der Waals surface area contributed by atoms with Crippen molar-refractivity contribution in [2.24, 2.45) is 9.98 Å². The Labute approximate surface area is 151 Å². The molecule has 0 aromatic heterocycles. The van der Waals surface area contributed by atoms with Crippen LogP contribution in [0.15, 0.2) is 9.98 Å². The van der Waals surface area contributed by atoms with Crippen LogP contribution in [-0.2, 0) is 9.59 Å². The van der Waals surface area contributed by atoms with E-state index >= 15 is 0 Å². The van der Waals surface area contributed by atoms with Crippen LogP contribution < -0.4 is 21.3 Å². The van der Waals surface area contributed by atoms with Crippen molar-refractivity contribution in [3.05, 3.63) is 0 Å². The number of amides is 2. The summed E-state index contributed by atoms with van der Waals surface area (Å²) >= 11 is 0. The molecule has 0 saturated heterocycles. The summed E-state index contributed by atoms with van der Waals surface area (Å²) in [6, 6.07) is 0. The Bertz CT molecular complexity index is 305. The molecule has 0 atom stereocenters. The largest absolute Gasteiger partial charge is 0.377 e. The van der Waals surface area contributed by atoms with Crippen molar-refractivity contribution in [3.8, 4) is 0 Å². The second kappa shape index (κ2) is 32.8. The van der Waals surface area contributed by atoms with Crippen molar-refractivity contribution in [2.45, 2.75) is 27.7 Å². The van der Waals surface area contributed by atoms with Crippen LogP contribution in [0, 0.1) is 0 Å². The van der Waals surface area contributed by atoms with Crippen LogP contribution in [-0.4, -0.2) is 82.6 Å². The van der Waals surface area contributed by atoms with E-state index in [1.165, 1.54) is 13.8 Å². The van der Waals surface area contributed by atoms with E-state index in [1.807, 2.05) is 27.9 Å². The van der Waals surface area contributed by atoms with Crippen molar-refractivity contribution >= 4 is 40.3 Å². The number of hydrogen-bond donors (Lipinski definition) is 4. The second-order valence-corrected chi connectivity index (χ2v) is 3.73. The smallest absolute Gasteiger partial charge is 0.216 e. The lowest BCUT2D eigenvalue weighted by Crippen LogP contribution is -2.12. The molecule has 0 heterocycles. The maximum Gasteiger partial charge on any atom is 0.216 e. The van der Waals surface area contributed by atoms with Crippen LogP contribution in [0.2, 0.25) is 0 Å². The van der Waals surface area contributed by atoms with Gasteiger partial charge in [0.2, 0.25) is 11.8 Å². The number of amidine groups is 2. The van der Waals surface area contributed by atoms with Crippen molar-refractivity contribution in [1.82, 2.24) is 21.3 Å². The maximum atomic E-state index is 9.70. The first-order valence-corrected chi connectivity index (χ1v) is 6.75. The lowest BCUT2D eigenvalue weighted by Gasteiger charge is -1.90. The Morgan fingerprint density at radius 1 is 0.583 bits per heavy atom. The summed E-state index contributed by atoms with van der Waals surface area (Å²) in [7, 11) is 10.4. The minimum atomic E-state index is 0. The molecule has 6 radical (unpaired) electrons. The Morgan fingerprint density at radius 2 is 0.750 bits per heavy atom. The van der Waals surface area contributed by atoms with Gasteiger partial charge in [-0.25, -0.2) is 0 Å². The molecule has 24 heavy (non-hydrogen) atoms. The average molecular weight is 340 g/mol. The summed E-state index contributed by atoms with van der Waals surface area (Å²) < 4.78 is 0. The van der Waals surface area contributed by atoms with Crippen molar-refractivity contribution in [2.75, 3.05) is 42.3 Å². The number of carbonyl (C=O) groups is 2. The quantitative estimate of drug-likeness (QED) is 0.264. The average Bonchev–Trinajstić information content (AvgIpc) is 2.54. The van der Waals surface area contributed by atoms with Gasteiger partial charge in [0.15, 0.2) is 0 Å². The van der Waals surface area contributed by atoms with E-state index < -0.39 is 0 Å². The van der Waals surface area contributed by atoms with E-state index in [2.05, 4.69) is 31.3 Å². The number of carbonyl (C=O) groups excluding carboxylic acids is 2. The van der Waals surface area contributed by atoms with E-state index in [-0.39, 0.29) is 28.6 Å².